The Kier molecular flexibility index (Phi) is 11.3. The molecule has 0 saturated heterocycles. The Hall–Kier alpha value is -2.07. The third kappa shape index (κ3) is 7.96. The fourth-order valence-electron chi connectivity index (χ4n) is 4.14. The second-order valence-electron chi connectivity index (χ2n) is 11.2. The Balaban J connectivity index is 0.000000360. The van der Waals surface area contributed by atoms with Crippen LogP contribution >= 0.6 is 23.2 Å². The van der Waals surface area contributed by atoms with Gasteiger partial charge in [0.15, 0.2) is 0 Å². The number of hydrogen-bond acceptors (Lipinski definition) is 4. The van der Waals surface area contributed by atoms with Crippen LogP contribution in [0.1, 0.15) is 82.0 Å². The van der Waals surface area contributed by atoms with Gasteiger partial charge in [-0.2, -0.15) is 0 Å². The Morgan fingerprint density at radius 2 is 1.24 bits per heavy atom. The zero-order chi connectivity index (χ0) is 27.6. The van der Waals surface area contributed by atoms with Crippen molar-refractivity contribution in [1.82, 2.24) is 4.98 Å². The van der Waals surface area contributed by atoms with E-state index < -0.39 is 22.3 Å². The van der Waals surface area contributed by atoms with Gasteiger partial charge in [-0.3, -0.25) is 9.98 Å². The number of hydrogen-bond donors (Lipinski definition) is 0. The van der Waals surface area contributed by atoms with Crippen molar-refractivity contribution in [3.05, 3.63) is 80.1 Å². The zero-order valence-electron chi connectivity index (χ0n) is 23.2. The molecule has 0 unspecified atom stereocenters. The predicted octanol–water partition coefficient (Wildman–Crippen LogP) is 7.88. The number of aryl methyl sites for hydroxylation is 3. The largest absolute Gasteiger partial charge is 2.00 e. The Labute approximate surface area is 242 Å². The quantitative estimate of drug-likeness (QED) is 0.227. The normalized spacial score (nSPS) is 11.9. The smallest absolute Gasteiger partial charge is 0.873 e. The maximum absolute atomic E-state index is 12.2. The summed E-state index contributed by atoms with van der Waals surface area (Å²) in [7, 11) is 0. The summed E-state index contributed by atoms with van der Waals surface area (Å²) in [5, 5.41) is 24.8. The molecule has 0 amide bonds. The van der Waals surface area contributed by atoms with Gasteiger partial charge in [0.05, 0.1) is 27.1 Å². The van der Waals surface area contributed by atoms with Crippen molar-refractivity contribution in [2.24, 2.45) is 4.99 Å². The second kappa shape index (κ2) is 12.7. The van der Waals surface area contributed by atoms with Crippen LogP contribution in [-0.4, -0.2) is 10.7 Å². The van der Waals surface area contributed by atoms with Crippen LogP contribution in [0.2, 0.25) is 10.0 Å². The van der Waals surface area contributed by atoms with Crippen molar-refractivity contribution in [2.75, 3.05) is 0 Å². The number of aliphatic imine (C=N–C) groups is 1. The molecule has 1 heterocycles. The Morgan fingerprint density at radius 1 is 0.811 bits per heavy atom. The minimum Gasteiger partial charge on any atom is -0.873 e. The van der Waals surface area contributed by atoms with Gasteiger partial charge >= 0.3 is 16.5 Å². The average Bonchev–Trinajstić information content (AvgIpc) is 2.74. The minimum atomic E-state index is -0.540. The molecule has 0 fully saturated rings. The molecule has 3 aromatic rings. The molecule has 0 aliphatic heterocycles. The molecule has 0 N–H and O–H groups in total. The molecular weight excluding hydrogens is 550 g/mol. The van der Waals surface area contributed by atoms with Gasteiger partial charge in [0.2, 0.25) is 0 Å². The SMILES string of the molecule is CC(=Nc1c(C)cc(C)cc1C)c1ccccn1.CC(C)(C)c1c([O-])c([O-])c(C(C)(C)C)c(Cl)c1Cl.[Ni+2]. The topological polar surface area (TPSA) is 71.4 Å². The number of aromatic nitrogens is 1. The molecule has 0 bridgehead atoms. The van der Waals surface area contributed by atoms with Crippen LogP contribution in [0.15, 0.2) is 41.5 Å². The Morgan fingerprint density at radius 3 is 1.59 bits per heavy atom. The molecule has 2 aromatic carbocycles. The molecule has 7 heteroatoms. The standard InChI is InChI=1S/C16H18N2.C14H20Cl2O2.Ni/c1-11-9-12(2)16(13(3)10-11)18-14(4)15-7-5-6-8-17-15;1-13(2,3)7-9(15)10(16)8(14(4,5)6)12(18)11(7)17;/h5-10H,1-4H3;17-18H,1-6H3;/q;;+2/p-2. The number of nitrogens with zero attached hydrogens (tertiary/aromatic N) is 2. The van der Waals surface area contributed by atoms with Gasteiger partial charge in [0, 0.05) is 6.20 Å². The molecule has 1 aromatic heterocycles. The van der Waals surface area contributed by atoms with Crippen LogP contribution in [0.4, 0.5) is 5.69 Å². The molecule has 202 valence electrons. The molecule has 0 spiro atoms. The van der Waals surface area contributed by atoms with Crippen molar-refractivity contribution in [1.29, 1.82) is 0 Å². The van der Waals surface area contributed by atoms with Crippen LogP contribution in [0, 0.1) is 20.8 Å². The first-order chi connectivity index (χ1) is 16.5. The van der Waals surface area contributed by atoms with Gasteiger partial charge in [-0.05, 0) is 72.9 Å². The molecule has 0 atom stereocenters. The van der Waals surface area contributed by atoms with Crippen LogP contribution in [0.3, 0.4) is 0 Å². The van der Waals surface area contributed by atoms with Crippen molar-refractivity contribution in [3.63, 3.8) is 0 Å². The average molecular weight is 586 g/mol. The number of halogens is 2. The number of benzene rings is 2. The fraction of sp³-hybridized carbons (Fsp3) is 0.400. The van der Waals surface area contributed by atoms with E-state index in [-0.39, 0.29) is 26.5 Å². The molecule has 0 radical (unpaired) electrons. The third-order valence-corrected chi connectivity index (χ3v) is 6.60. The van der Waals surface area contributed by atoms with Crippen LogP contribution in [0.5, 0.6) is 11.5 Å². The van der Waals surface area contributed by atoms with Crippen LogP contribution in [0.25, 0.3) is 0 Å². The number of rotatable bonds is 2. The third-order valence-electron chi connectivity index (χ3n) is 5.74. The molecule has 4 nitrogen and oxygen atoms in total. The predicted molar refractivity (Wildman–Crippen MR) is 150 cm³/mol. The van der Waals surface area contributed by atoms with E-state index in [9.17, 15) is 10.2 Å². The van der Waals surface area contributed by atoms with Gasteiger partial charge in [-0.1, -0.05) is 88.5 Å². The zero-order valence-corrected chi connectivity index (χ0v) is 25.7. The summed E-state index contributed by atoms with van der Waals surface area (Å²) in [5.41, 5.74) is 6.22. The van der Waals surface area contributed by atoms with Gasteiger partial charge < -0.3 is 10.2 Å². The molecular formula is C30H36Cl2N2NiO2. The first kappa shape index (κ1) is 33.0. The summed E-state index contributed by atoms with van der Waals surface area (Å²) in [6, 6.07) is 10.2. The minimum absolute atomic E-state index is 0. The summed E-state index contributed by atoms with van der Waals surface area (Å²) >= 11 is 12.4. The molecule has 0 saturated carbocycles. The van der Waals surface area contributed by atoms with Crippen molar-refractivity contribution in [3.8, 4) is 11.5 Å². The summed E-state index contributed by atoms with van der Waals surface area (Å²) in [5.74, 6) is -1.08. The van der Waals surface area contributed by atoms with E-state index in [1.807, 2.05) is 66.7 Å². The maximum atomic E-state index is 12.2. The summed E-state index contributed by atoms with van der Waals surface area (Å²) in [6.45, 7) is 19.3. The first-order valence-corrected chi connectivity index (χ1v) is 12.7. The molecule has 3 rings (SSSR count). The van der Waals surface area contributed by atoms with E-state index in [4.69, 9.17) is 28.2 Å². The second-order valence-corrected chi connectivity index (χ2v) is 12.0. The monoisotopic (exact) mass is 584 g/mol. The maximum Gasteiger partial charge on any atom is 2.00 e. The molecule has 0 aliphatic carbocycles. The van der Waals surface area contributed by atoms with Crippen molar-refractivity contribution >= 4 is 34.6 Å². The van der Waals surface area contributed by atoms with E-state index in [1.54, 1.807) is 6.20 Å². The Bertz CT molecular complexity index is 1180. The van der Waals surface area contributed by atoms with Crippen LogP contribution < -0.4 is 10.2 Å². The van der Waals surface area contributed by atoms with E-state index in [0.29, 0.717) is 11.1 Å². The van der Waals surface area contributed by atoms with E-state index in [1.165, 1.54) is 16.7 Å². The molecule has 37 heavy (non-hydrogen) atoms. The van der Waals surface area contributed by atoms with Gasteiger partial charge in [0.25, 0.3) is 0 Å². The van der Waals surface area contributed by atoms with Crippen LogP contribution in [-0.2, 0) is 27.3 Å². The van der Waals surface area contributed by atoms with Crippen molar-refractivity contribution < 1.29 is 26.7 Å². The van der Waals surface area contributed by atoms with Gasteiger partial charge in [-0.25, -0.2) is 0 Å². The van der Waals surface area contributed by atoms with Gasteiger partial charge in [0.1, 0.15) is 0 Å². The summed E-state index contributed by atoms with van der Waals surface area (Å²) in [4.78, 5) is 9.04. The van der Waals surface area contributed by atoms with Gasteiger partial charge in [-0.15, -0.1) is 11.5 Å². The first-order valence-electron chi connectivity index (χ1n) is 11.9. The number of pyridine rings is 1. The van der Waals surface area contributed by atoms with Crippen molar-refractivity contribution in [2.45, 2.75) is 80.1 Å². The molecule has 0 aliphatic rings. The van der Waals surface area contributed by atoms with E-state index >= 15 is 0 Å². The summed E-state index contributed by atoms with van der Waals surface area (Å²) < 4.78 is 0. The summed E-state index contributed by atoms with van der Waals surface area (Å²) in [6.07, 6.45) is 1.79. The van der Waals surface area contributed by atoms with E-state index in [2.05, 4.69) is 37.9 Å². The fourth-order valence-corrected chi connectivity index (χ4v) is 5.06. The van der Waals surface area contributed by atoms with E-state index in [0.717, 1.165) is 17.1 Å².